The fourth-order valence-corrected chi connectivity index (χ4v) is 2.50. The largest absolute Gasteiger partial charge is 0.493 e. The minimum Gasteiger partial charge on any atom is -0.493 e. The molecule has 7 heteroatoms. The Morgan fingerprint density at radius 3 is 3.10 bits per heavy atom. The number of halogens is 2. The van der Waals surface area contributed by atoms with Crippen molar-refractivity contribution in [2.75, 3.05) is 6.61 Å². The molecule has 1 N–H and O–H groups in total. The predicted molar refractivity (Wildman–Crippen MR) is 74.9 cm³/mol. The SMILES string of the molecule is Cn1ncc(C(=O)NC2CCOc3ccc(F)cc32)c1Cl. The molecule has 21 heavy (non-hydrogen) atoms. The fourth-order valence-electron chi connectivity index (χ4n) is 2.33. The van der Waals surface area contributed by atoms with Crippen LogP contribution in [0.2, 0.25) is 5.15 Å². The number of nitrogens with zero attached hydrogens (tertiary/aromatic N) is 2. The van der Waals surface area contributed by atoms with Gasteiger partial charge >= 0.3 is 0 Å². The summed E-state index contributed by atoms with van der Waals surface area (Å²) in [5.41, 5.74) is 0.929. The summed E-state index contributed by atoms with van der Waals surface area (Å²) in [5, 5.41) is 7.04. The van der Waals surface area contributed by atoms with Gasteiger partial charge in [0, 0.05) is 19.0 Å². The van der Waals surface area contributed by atoms with E-state index in [-0.39, 0.29) is 22.9 Å². The molecule has 0 saturated heterocycles. The molecule has 1 aliphatic heterocycles. The van der Waals surface area contributed by atoms with Gasteiger partial charge in [0.25, 0.3) is 5.91 Å². The Labute approximate surface area is 125 Å². The van der Waals surface area contributed by atoms with Gasteiger partial charge in [-0.25, -0.2) is 4.39 Å². The third kappa shape index (κ3) is 2.58. The molecule has 1 atom stereocenters. The Morgan fingerprint density at radius 1 is 1.57 bits per heavy atom. The highest BCUT2D eigenvalue weighted by Crippen LogP contribution is 2.32. The highest BCUT2D eigenvalue weighted by molar-refractivity contribution is 6.32. The van der Waals surface area contributed by atoms with E-state index in [0.29, 0.717) is 29.9 Å². The van der Waals surface area contributed by atoms with Gasteiger partial charge < -0.3 is 10.1 Å². The van der Waals surface area contributed by atoms with Crippen LogP contribution in [0, 0.1) is 5.82 Å². The minimum atomic E-state index is -0.363. The lowest BCUT2D eigenvalue weighted by Crippen LogP contribution is -2.32. The molecular weight excluding hydrogens is 297 g/mol. The number of fused-ring (bicyclic) bond motifs is 1. The van der Waals surface area contributed by atoms with Crippen molar-refractivity contribution in [3.8, 4) is 5.75 Å². The van der Waals surface area contributed by atoms with E-state index in [2.05, 4.69) is 10.4 Å². The molecular formula is C14H13ClFN3O2. The van der Waals surface area contributed by atoms with Crippen molar-refractivity contribution in [2.45, 2.75) is 12.5 Å². The molecule has 2 aromatic rings. The van der Waals surface area contributed by atoms with Gasteiger partial charge in [-0.3, -0.25) is 9.48 Å². The number of benzene rings is 1. The van der Waals surface area contributed by atoms with Crippen molar-refractivity contribution >= 4 is 17.5 Å². The second-order valence-corrected chi connectivity index (χ2v) is 5.18. The van der Waals surface area contributed by atoms with Gasteiger partial charge in [0.2, 0.25) is 0 Å². The van der Waals surface area contributed by atoms with E-state index < -0.39 is 0 Å². The summed E-state index contributed by atoms with van der Waals surface area (Å²) < 4.78 is 20.3. The van der Waals surface area contributed by atoms with E-state index in [9.17, 15) is 9.18 Å². The number of nitrogens with one attached hydrogen (secondary N) is 1. The Morgan fingerprint density at radius 2 is 2.38 bits per heavy atom. The van der Waals surface area contributed by atoms with Crippen LogP contribution in [0.25, 0.3) is 0 Å². The van der Waals surface area contributed by atoms with Crippen LogP contribution in [-0.2, 0) is 7.05 Å². The number of ether oxygens (including phenoxy) is 1. The maximum atomic E-state index is 13.4. The lowest BCUT2D eigenvalue weighted by molar-refractivity contribution is 0.0924. The van der Waals surface area contributed by atoms with Gasteiger partial charge in [0.1, 0.15) is 16.7 Å². The number of aryl methyl sites for hydroxylation is 1. The highest BCUT2D eigenvalue weighted by Gasteiger charge is 2.25. The van der Waals surface area contributed by atoms with Crippen molar-refractivity contribution in [3.05, 3.63) is 46.5 Å². The molecule has 5 nitrogen and oxygen atoms in total. The third-order valence-electron chi connectivity index (χ3n) is 3.43. The summed E-state index contributed by atoms with van der Waals surface area (Å²) in [7, 11) is 1.65. The van der Waals surface area contributed by atoms with Crippen molar-refractivity contribution < 1.29 is 13.9 Å². The molecule has 3 rings (SSSR count). The molecule has 0 bridgehead atoms. The maximum Gasteiger partial charge on any atom is 0.256 e. The van der Waals surface area contributed by atoms with Crippen LogP contribution in [0.3, 0.4) is 0 Å². The monoisotopic (exact) mass is 309 g/mol. The lowest BCUT2D eigenvalue weighted by Gasteiger charge is -2.26. The summed E-state index contributed by atoms with van der Waals surface area (Å²) in [6.45, 7) is 0.463. The molecule has 0 saturated carbocycles. The van der Waals surface area contributed by atoms with Crippen molar-refractivity contribution in [2.24, 2.45) is 7.05 Å². The molecule has 0 fully saturated rings. The Balaban J connectivity index is 1.85. The van der Waals surface area contributed by atoms with Crippen LogP contribution in [0.5, 0.6) is 5.75 Å². The predicted octanol–water partition coefficient (Wildman–Crippen LogP) is 2.47. The smallest absolute Gasteiger partial charge is 0.256 e. The topological polar surface area (TPSA) is 56.2 Å². The quantitative estimate of drug-likeness (QED) is 0.927. The Bertz CT molecular complexity index is 702. The fraction of sp³-hybridized carbons (Fsp3) is 0.286. The maximum absolute atomic E-state index is 13.4. The number of hydrogen-bond donors (Lipinski definition) is 1. The zero-order valence-electron chi connectivity index (χ0n) is 11.3. The number of rotatable bonds is 2. The lowest BCUT2D eigenvalue weighted by atomic mass is 10.00. The zero-order valence-corrected chi connectivity index (χ0v) is 12.0. The van der Waals surface area contributed by atoms with Crippen LogP contribution in [-0.4, -0.2) is 22.3 Å². The van der Waals surface area contributed by atoms with Crippen LogP contribution in [0.4, 0.5) is 4.39 Å². The highest BCUT2D eigenvalue weighted by atomic mass is 35.5. The first-order chi connectivity index (χ1) is 10.1. The number of aromatic nitrogens is 2. The minimum absolute atomic E-state index is 0.263. The molecule has 1 amide bonds. The normalized spacial score (nSPS) is 17.0. The molecule has 1 aromatic carbocycles. The average molecular weight is 310 g/mol. The van der Waals surface area contributed by atoms with E-state index in [1.807, 2.05) is 0 Å². The summed E-state index contributed by atoms with van der Waals surface area (Å²) in [6.07, 6.45) is 1.98. The van der Waals surface area contributed by atoms with Crippen molar-refractivity contribution in [1.29, 1.82) is 0 Å². The average Bonchev–Trinajstić information content (AvgIpc) is 2.80. The van der Waals surface area contributed by atoms with Gasteiger partial charge in [0.05, 0.1) is 24.4 Å². The second kappa shape index (κ2) is 5.37. The second-order valence-electron chi connectivity index (χ2n) is 4.82. The third-order valence-corrected chi connectivity index (χ3v) is 3.88. The molecule has 110 valence electrons. The van der Waals surface area contributed by atoms with E-state index in [0.717, 1.165) is 0 Å². The molecule has 2 heterocycles. The first-order valence-corrected chi connectivity index (χ1v) is 6.84. The first-order valence-electron chi connectivity index (χ1n) is 6.47. The van der Waals surface area contributed by atoms with Crippen LogP contribution in [0.15, 0.2) is 24.4 Å². The summed E-state index contributed by atoms with van der Waals surface area (Å²) in [6, 6.07) is 3.97. The zero-order chi connectivity index (χ0) is 15.0. The molecule has 1 aliphatic rings. The van der Waals surface area contributed by atoms with Crippen molar-refractivity contribution in [3.63, 3.8) is 0 Å². The first kappa shape index (κ1) is 13.9. The summed E-state index contributed by atoms with van der Waals surface area (Å²) >= 11 is 6.00. The summed E-state index contributed by atoms with van der Waals surface area (Å²) in [5.74, 6) is -0.113. The number of amides is 1. The number of carbonyl (C=O) groups is 1. The van der Waals surface area contributed by atoms with Crippen LogP contribution in [0.1, 0.15) is 28.4 Å². The molecule has 1 unspecified atom stereocenters. The summed E-state index contributed by atoms with van der Waals surface area (Å²) in [4.78, 5) is 12.3. The van der Waals surface area contributed by atoms with Crippen LogP contribution >= 0.6 is 11.6 Å². The van der Waals surface area contributed by atoms with E-state index in [4.69, 9.17) is 16.3 Å². The van der Waals surface area contributed by atoms with Gasteiger partial charge in [-0.15, -0.1) is 0 Å². The van der Waals surface area contributed by atoms with Crippen LogP contribution < -0.4 is 10.1 Å². The molecule has 0 aliphatic carbocycles. The molecule has 0 spiro atoms. The van der Waals surface area contributed by atoms with E-state index in [1.54, 1.807) is 13.1 Å². The van der Waals surface area contributed by atoms with Gasteiger partial charge in [-0.05, 0) is 18.2 Å². The Kier molecular flexibility index (Phi) is 3.55. The Hall–Kier alpha value is -2.08. The molecule has 0 radical (unpaired) electrons. The van der Waals surface area contributed by atoms with E-state index in [1.165, 1.54) is 23.0 Å². The molecule has 1 aromatic heterocycles. The standard InChI is InChI=1S/C14H13ClFN3O2/c1-19-13(15)10(7-17-19)14(20)18-11-4-5-21-12-3-2-8(16)6-9(11)12/h2-3,6-7,11H,4-5H2,1H3,(H,18,20). The van der Waals surface area contributed by atoms with Gasteiger partial charge in [-0.1, -0.05) is 11.6 Å². The van der Waals surface area contributed by atoms with E-state index >= 15 is 0 Å². The number of hydrogen-bond acceptors (Lipinski definition) is 3. The number of carbonyl (C=O) groups excluding carboxylic acids is 1. The van der Waals surface area contributed by atoms with Gasteiger partial charge in [0.15, 0.2) is 0 Å². The van der Waals surface area contributed by atoms with Crippen molar-refractivity contribution in [1.82, 2.24) is 15.1 Å². The van der Waals surface area contributed by atoms with Gasteiger partial charge in [-0.2, -0.15) is 5.10 Å².